The highest BCUT2D eigenvalue weighted by Gasteiger charge is 2.29. The molecule has 0 aliphatic carbocycles. The maximum atomic E-state index is 12.9. The average molecular weight is 437 g/mol. The minimum Gasteiger partial charge on any atom is -0.485 e. The average Bonchev–Trinajstić information content (AvgIpc) is 3.16. The lowest BCUT2D eigenvalue weighted by Crippen LogP contribution is -2.43. The molecule has 1 N–H and O–H groups in total. The second-order valence-electron chi connectivity index (χ2n) is 7.10. The molecule has 2 aliphatic heterocycles. The number of fused-ring (bicyclic) bond motifs is 2. The monoisotopic (exact) mass is 437 g/mol. The summed E-state index contributed by atoms with van der Waals surface area (Å²) in [7, 11) is 1.83. The number of hydrogen-bond donors (Lipinski definition) is 1. The number of rotatable bonds is 4. The Kier molecular flexibility index (Phi) is 4.99. The molecular weight excluding hydrogens is 418 g/mol. The van der Waals surface area contributed by atoms with Crippen LogP contribution in [0.2, 0.25) is 0 Å². The van der Waals surface area contributed by atoms with Gasteiger partial charge in [-0.05, 0) is 24.3 Å². The number of carbonyl (C=O) groups is 2. The van der Waals surface area contributed by atoms with E-state index in [2.05, 4.69) is 15.5 Å². The molecule has 1 aromatic heterocycles. The van der Waals surface area contributed by atoms with E-state index in [-0.39, 0.29) is 24.1 Å². The molecule has 31 heavy (non-hydrogen) atoms. The largest absolute Gasteiger partial charge is 0.485 e. The zero-order valence-electron chi connectivity index (χ0n) is 16.6. The highest BCUT2D eigenvalue weighted by Crippen LogP contribution is 2.36. The molecular formula is C21H19N5O4S. The molecule has 2 amide bonds. The van der Waals surface area contributed by atoms with Crippen molar-refractivity contribution in [3.8, 4) is 11.5 Å². The molecule has 0 radical (unpaired) electrons. The van der Waals surface area contributed by atoms with E-state index in [1.54, 1.807) is 10.6 Å². The zero-order chi connectivity index (χ0) is 21.4. The van der Waals surface area contributed by atoms with Crippen molar-refractivity contribution in [2.24, 2.45) is 7.05 Å². The van der Waals surface area contributed by atoms with Crippen LogP contribution in [0.4, 0.5) is 11.4 Å². The molecule has 2 aromatic carbocycles. The van der Waals surface area contributed by atoms with Gasteiger partial charge in [0.25, 0.3) is 0 Å². The number of nitrogens with one attached hydrogen (secondary N) is 1. The first-order valence-electron chi connectivity index (χ1n) is 9.70. The van der Waals surface area contributed by atoms with Crippen LogP contribution in [0, 0.1) is 0 Å². The van der Waals surface area contributed by atoms with Gasteiger partial charge in [-0.3, -0.25) is 9.59 Å². The molecule has 1 unspecified atom stereocenters. The number of hydrogen-bond acceptors (Lipinski definition) is 7. The Morgan fingerprint density at radius 2 is 1.94 bits per heavy atom. The lowest BCUT2D eigenvalue weighted by Gasteiger charge is -2.29. The Balaban J connectivity index is 1.28. The van der Waals surface area contributed by atoms with Crippen LogP contribution < -0.4 is 19.7 Å². The number of carbonyl (C=O) groups excluding carboxylic acids is 2. The summed E-state index contributed by atoms with van der Waals surface area (Å²) in [5.74, 6) is 1.71. The molecule has 3 heterocycles. The van der Waals surface area contributed by atoms with Gasteiger partial charge in [-0.25, -0.2) is 0 Å². The quantitative estimate of drug-likeness (QED) is 0.626. The van der Waals surface area contributed by atoms with Crippen molar-refractivity contribution < 1.29 is 19.1 Å². The van der Waals surface area contributed by atoms with E-state index >= 15 is 0 Å². The molecule has 0 bridgehead atoms. The summed E-state index contributed by atoms with van der Waals surface area (Å²) in [6.07, 6.45) is -0.393. The van der Waals surface area contributed by atoms with Gasteiger partial charge in [0, 0.05) is 7.05 Å². The lowest BCUT2D eigenvalue weighted by molar-refractivity contribution is -0.120. The summed E-state index contributed by atoms with van der Waals surface area (Å²) in [4.78, 5) is 26.3. The van der Waals surface area contributed by atoms with Gasteiger partial charge in [0.2, 0.25) is 11.8 Å². The summed E-state index contributed by atoms with van der Waals surface area (Å²) < 4.78 is 13.6. The molecule has 10 heteroatoms. The van der Waals surface area contributed by atoms with Crippen molar-refractivity contribution in [2.45, 2.75) is 11.3 Å². The smallest absolute Gasteiger partial charge is 0.244 e. The third-order valence-electron chi connectivity index (χ3n) is 5.06. The summed E-state index contributed by atoms with van der Waals surface area (Å²) >= 11 is 1.27. The summed E-state index contributed by atoms with van der Waals surface area (Å²) in [5.41, 5.74) is 1.32. The molecule has 2 aliphatic rings. The maximum absolute atomic E-state index is 12.9. The Hall–Kier alpha value is -3.53. The Morgan fingerprint density at radius 1 is 1.16 bits per heavy atom. The van der Waals surface area contributed by atoms with Crippen molar-refractivity contribution in [1.29, 1.82) is 0 Å². The molecule has 158 valence electrons. The molecule has 3 aromatic rings. The van der Waals surface area contributed by atoms with Crippen LogP contribution in [0.15, 0.2) is 53.7 Å². The second-order valence-corrected chi connectivity index (χ2v) is 8.04. The minimum absolute atomic E-state index is 0.00681. The molecule has 0 spiro atoms. The summed E-state index contributed by atoms with van der Waals surface area (Å²) in [6, 6.07) is 14.7. The fraction of sp³-hybridized carbons (Fsp3) is 0.238. The van der Waals surface area contributed by atoms with E-state index in [0.29, 0.717) is 40.5 Å². The van der Waals surface area contributed by atoms with Crippen molar-refractivity contribution in [3.05, 3.63) is 54.4 Å². The first kappa shape index (κ1) is 19.4. The van der Waals surface area contributed by atoms with Gasteiger partial charge < -0.3 is 24.3 Å². The van der Waals surface area contributed by atoms with Crippen molar-refractivity contribution in [2.75, 3.05) is 29.1 Å². The number of ether oxygens (including phenoxy) is 2. The zero-order valence-corrected chi connectivity index (χ0v) is 17.5. The van der Waals surface area contributed by atoms with E-state index in [4.69, 9.17) is 9.47 Å². The van der Waals surface area contributed by atoms with Gasteiger partial charge >= 0.3 is 0 Å². The number of amides is 2. The third-order valence-corrected chi connectivity index (χ3v) is 6.07. The summed E-state index contributed by atoms with van der Waals surface area (Å²) in [5, 5.41) is 11.8. The van der Waals surface area contributed by atoms with Gasteiger partial charge in [-0.2, -0.15) is 0 Å². The molecule has 0 saturated carbocycles. The molecule has 5 rings (SSSR count). The highest BCUT2D eigenvalue weighted by molar-refractivity contribution is 7.99. The topological polar surface area (TPSA) is 98.6 Å². The van der Waals surface area contributed by atoms with E-state index in [1.165, 1.54) is 16.7 Å². The van der Waals surface area contributed by atoms with E-state index in [9.17, 15) is 9.59 Å². The predicted octanol–water partition coefficient (Wildman–Crippen LogP) is 2.41. The van der Waals surface area contributed by atoms with Crippen LogP contribution in [0.3, 0.4) is 0 Å². The number of anilines is 2. The Morgan fingerprint density at radius 3 is 2.81 bits per heavy atom. The first-order chi connectivity index (χ1) is 15.1. The maximum Gasteiger partial charge on any atom is 0.244 e. The number of thioether (sulfide) groups is 1. The SMILES string of the molecule is Cn1c(SCC(=O)N2CC(=O)Nc3ccccc32)nnc1C1COc2ccccc2O1. The predicted molar refractivity (Wildman–Crippen MR) is 114 cm³/mol. The van der Waals surface area contributed by atoms with Crippen molar-refractivity contribution in [3.63, 3.8) is 0 Å². The van der Waals surface area contributed by atoms with Crippen LogP contribution in [0.5, 0.6) is 11.5 Å². The van der Waals surface area contributed by atoms with Crippen molar-refractivity contribution in [1.82, 2.24) is 14.8 Å². The van der Waals surface area contributed by atoms with Gasteiger partial charge in [0.1, 0.15) is 13.2 Å². The third kappa shape index (κ3) is 3.70. The molecule has 9 nitrogen and oxygen atoms in total. The Labute approximate surface area is 182 Å². The van der Waals surface area contributed by atoms with Crippen LogP contribution in [0.1, 0.15) is 11.9 Å². The standard InChI is InChI=1S/C21H19N5O4S/c1-25-20(17-11-29-15-8-4-5-9-16(15)30-17)23-24-21(25)31-12-19(28)26-10-18(27)22-13-6-2-3-7-14(13)26/h2-9,17H,10-12H2,1H3,(H,22,27). The molecule has 1 atom stereocenters. The van der Waals surface area contributed by atoms with Crippen molar-refractivity contribution >= 4 is 35.0 Å². The first-order valence-corrected chi connectivity index (χ1v) is 10.7. The van der Waals surface area contributed by atoms with Crippen LogP contribution >= 0.6 is 11.8 Å². The highest BCUT2D eigenvalue weighted by atomic mass is 32.2. The Bertz CT molecular complexity index is 1160. The number of aromatic nitrogens is 3. The molecule has 0 fully saturated rings. The summed E-state index contributed by atoms with van der Waals surface area (Å²) in [6.45, 7) is 0.319. The van der Waals surface area contributed by atoms with Gasteiger partial charge in [-0.1, -0.05) is 36.0 Å². The van der Waals surface area contributed by atoms with Crippen LogP contribution in [0.25, 0.3) is 0 Å². The number of benzene rings is 2. The second kappa shape index (κ2) is 7.95. The van der Waals surface area contributed by atoms with E-state index in [0.717, 1.165) is 0 Å². The lowest BCUT2D eigenvalue weighted by atomic mass is 10.2. The number of nitrogens with zero attached hydrogens (tertiary/aromatic N) is 4. The molecule has 0 saturated heterocycles. The van der Waals surface area contributed by atoms with E-state index < -0.39 is 6.10 Å². The van der Waals surface area contributed by atoms with E-state index in [1.807, 2.05) is 49.5 Å². The van der Waals surface area contributed by atoms with Crippen LogP contribution in [-0.4, -0.2) is 45.5 Å². The van der Waals surface area contributed by atoms with Crippen LogP contribution in [-0.2, 0) is 16.6 Å². The van der Waals surface area contributed by atoms with Gasteiger partial charge in [0.15, 0.2) is 28.6 Å². The minimum atomic E-state index is -0.393. The fourth-order valence-corrected chi connectivity index (χ4v) is 4.33. The van der Waals surface area contributed by atoms with Gasteiger partial charge in [0.05, 0.1) is 17.1 Å². The normalized spacial score (nSPS) is 17.1. The van der Waals surface area contributed by atoms with Gasteiger partial charge in [-0.15, -0.1) is 10.2 Å². The fourth-order valence-electron chi connectivity index (χ4n) is 3.54. The number of para-hydroxylation sites is 4.